The van der Waals surface area contributed by atoms with Crippen LogP contribution < -0.4 is 5.32 Å². The molecule has 1 aliphatic heterocycles. The molecule has 1 aliphatic carbocycles. The standard InChI is InChI=1S/C29H40N4O6S3/c1-29(2,3)39-28(36)33-15-13-32(14-16-33)24(34)19-40-25-18-30-27(41-25)31-26(35)23(17-20-7-5-6-8-20)21-9-11-22(12-10-21)42(4,37)38/h9-12,18,20,23H,5-8,13-17,19H2,1-4H3,(H,30,31,35). The molecule has 0 radical (unpaired) electrons. The van der Waals surface area contributed by atoms with E-state index in [0.717, 1.165) is 35.5 Å². The summed E-state index contributed by atoms with van der Waals surface area (Å²) in [5.41, 5.74) is 0.228. The lowest BCUT2D eigenvalue weighted by atomic mass is 9.87. The Labute approximate surface area is 256 Å². The summed E-state index contributed by atoms with van der Waals surface area (Å²) in [6.07, 6.45) is 7.68. The fourth-order valence-electron chi connectivity index (χ4n) is 5.19. The van der Waals surface area contributed by atoms with Crippen LogP contribution in [0.1, 0.15) is 64.4 Å². The summed E-state index contributed by atoms with van der Waals surface area (Å²) < 4.78 is 30.0. The first-order valence-corrected chi connectivity index (χ1v) is 17.9. The predicted octanol–water partition coefficient (Wildman–Crippen LogP) is 5.02. The highest BCUT2D eigenvalue weighted by atomic mass is 32.2. The molecule has 1 N–H and O–H groups in total. The second-order valence-corrected chi connectivity index (χ2v) is 16.2. The molecule has 1 saturated carbocycles. The second kappa shape index (κ2) is 13.8. The molecule has 1 aromatic heterocycles. The van der Waals surface area contributed by atoms with Crippen LogP contribution in [0.15, 0.2) is 39.6 Å². The van der Waals surface area contributed by atoms with Gasteiger partial charge in [0.05, 0.1) is 27.0 Å². The lowest BCUT2D eigenvalue weighted by molar-refractivity contribution is -0.130. The number of anilines is 1. The lowest BCUT2D eigenvalue weighted by Crippen LogP contribution is -2.52. The molecular weight excluding hydrogens is 597 g/mol. The second-order valence-electron chi connectivity index (χ2n) is 11.9. The average molecular weight is 637 g/mol. The number of nitrogens with zero attached hydrogens (tertiary/aromatic N) is 3. The topological polar surface area (TPSA) is 126 Å². The molecule has 1 saturated heterocycles. The van der Waals surface area contributed by atoms with Gasteiger partial charge in [-0.05, 0) is 50.8 Å². The van der Waals surface area contributed by atoms with Gasteiger partial charge in [0.1, 0.15) is 5.60 Å². The van der Waals surface area contributed by atoms with Gasteiger partial charge >= 0.3 is 6.09 Å². The van der Waals surface area contributed by atoms with E-state index in [0.29, 0.717) is 43.6 Å². The molecule has 1 atom stereocenters. The summed E-state index contributed by atoms with van der Waals surface area (Å²) in [7, 11) is -3.32. The van der Waals surface area contributed by atoms with Gasteiger partial charge in [-0.3, -0.25) is 9.59 Å². The highest BCUT2D eigenvalue weighted by Crippen LogP contribution is 2.36. The van der Waals surface area contributed by atoms with Crippen LogP contribution in [0.5, 0.6) is 0 Å². The quantitative estimate of drug-likeness (QED) is 0.381. The van der Waals surface area contributed by atoms with Crippen molar-refractivity contribution < 1.29 is 27.5 Å². The van der Waals surface area contributed by atoms with Gasteiger partial charge in [-0.25, -0.2) is 18.2 Å². The third-order valence-electron chi connectivity index (χ3n) is 7.41. The summed E-state index contributed by atoms with van der Waals surface area (Å²) in [6.45, 7) is 7.26. The molecule has 230 valence electrons. The summed E-state index contributed by atoms with van der Waals surface area (Å²) in [6, 6.07) is 6.59. The van der Waals surface area contributed by atoms with Crippen molar-refractivity contribution in [2.45, 2.75) is 73.5 Å². The first-order valence-electron chi connectivity index (χ1n) is 14.2. The number of sulfone groups is 1. The molecule has 0 bridgehead atoms. The molecular formula is C29H40N4O6S3. The number of rotatable bonds is 9. The van der Waals surface area contributed by atoms with Crippen molar-refractivity contribution in [2.75, 3.05) is 43.5 Å². The Morgan fingerprint density at radius 1 is 1.07 bits per heavy atom. The van der Waals surface area contributed by atoms with Gasteiger partial charge < -0.3 is 19.9 Å². The smallest absolute Gasteiger partial charge is 0.410 e. The minimum atomic E-state index is -3.32. The average Bonchev–Trinajstić information content (AvgIpc) is 3.61. The zero-order chi connectivity index (χ0) is 30.5. The first kappa shape index (κ1) is 32.3. The van der Waals surface area contributed by atoms with Crippen molar-refractivity contribution in [3.05, 3.63) is 36.0 Å². The van der Waals surface area contributed by atoms with E-state index in [9.17, 15) is 22.8 Å². The molecule has 2 aromatic rings. The number of benzene rings is 1. The lowest BCUT2D eigenvalue weighted by Gasteiger charge is -2.35. The Balaban J connectivity index is 1.31. The summed E-state index contributed by atoms with van der Waals surface area (Å²) in [5, 5.41) is 3.42. The number of amides is 3. The SMILES string of the molecule is CC(C)(C)OC(=O)N1CCN(C(=O)CSc2cnc(NC(=O)C(CC3CCCC3)c3ccc(S(C)(=O)=O)cc3)s2)CC1. The number of thioether (sulfide) groups is 1. The van der Waals surface area contributed by atoms with Gasteiger partial charge in [0.25, 0.3) is 0 Å². The Bertz CT molecular complexity index is 1360. The van der Waals surface area contributed by atoms with Crippen molar-refractivity contribution in [1.29, 1.82) is 0 Å². The normalized spacial score (nSPS) is 17.2. The highest BCUT2D eigenvalue weighted by Gasteiger charge is 2.29. The number of hydrogen-bond donors (Lipinski definition) is 1. The Morgan fingerprint density at radius 2 is 1.69 bits per heavy atom. The zero-order valence-corrected chi connectivity index (χ0v) is 27.1. The Hall–Kier alpha value is -2.64. The number of carbonyl (C=O) groups is 3. The van der Waals surface area contributed by atoms with Gasteiger partial charge in [-0.1, -0.05) is 49.2 Å². The van der Waals surface area contributed by atoms with E-state index >= 15 is 0 Å². The molecule has 2 aliphatic rings. The highest BCUT2D eigenvalue weighted by molar-refractivity contribution is 8.01. The molecule has 4 rings (SSSR count). The van der Waals surface area contributed by atoms with Gasteiger partial charge in [-0.15, -0.1) is 11.8 Å². The van der Waals surface area contributed by atoms with Crippen LogP contribution >= 0.6 is 23.1 Å². The van der Waals surface area contributed by atoms with Gasteiger partial charge in [0.15, 0.2) is 15.0 Å². The predicted molar refractivity (Wildman–Crippen MR) is 165 cm³/mol. The number of ether oxygens (including phenoxy) is 1. The molecule has 1 aromatic carbocycles. The number of carbonyl (C=O) groups excluding carboxylic acids is 3. The number of nitrogens with one attached hydrogen (secondary N) is 1. The zero-order valence-electron chi connectivity index (χ0n) is 24.6. The first-order chi connectivity index (χ1) is 19.8. The molecule has 2 heterocycles. The van der Waals surface area contributed by atoms with E-state index < -0.39 is 21.4 Å². The van der Waals surface area contributed by atoms with Crippen LogP contribution in [0.2, 0.25) is 0 Å². The van der Waals surface area contributed by atoms with Crippen molar-refractivity contribution >= 4 is 56.0 Å². The molecule has 42 heavy (non-hydrogen) atoms. The summed E-state index contributed by atoms with van der Waals surface area (Å²) in [4.78, 5) is 46.5. The molecule has 1 unspecified atom stereocenters. The number of piperazine rings is 1. The monoisotopic (exact) mass is 636 g/mol. The van der Waals surface area contributed by atoms with Crippen LogP contribution in [0, 0.1) is 5.92 Å². The number of hydrogen-bond acceptors (Lipinski definition) is 9. The van der Waals surface area contributed by atoms with E-state index in [2.05, 4.69) is 10.3 Å². The maximum Gasteiger partial charge on any atom is 0.410 e. The van der Waals surface area contributed by atoms with Crippen LogP contribution in [0.4, 0.5) is 9.93 Å². The van der Waals surface area contributed by atoms with Crippen LogP contribution in [0.3, 0.4) is 0 Å². The van der Waals surface area contributed by atoms with E-state index in [1.54, 1.807) is 40.3 Å². The summed E-state index contributed by atoms with van der Waals surface area (Å²) >= 11 is 2.69. The number of aromatic nitrogens is 1. The van der Waals surface area contributed by atoms with Gasteiger partial charge in [0.2, 0.25) is 11.8 Å². The largest absolute Gasteiger partial charge is 0.444 e. The van der Waals surface area contributed by atoms with Crippen LogP contribution in [0.25, 0.3) is 0 Å². The van der Waals surface area contributed by atoms with Crippen LogP contribution in [-0.2, 0) is 24.2 Å². The fourth-order valence-corrected chi connectivity index (χ4v) is 7.59. The van der Waals surface area contributed by atoms with Crippen molar-refractivity contribution in [3.8, 4) is 0 Å². The van der Waals surface area contributed by atoms with E-state index in [1.807, 2.05) is 20.8 Å². The van der Waals surface area contributed by atoms with Crippen molar-refractivity contribution in [3.63, 3.8) is 0 Å². The number of thiazole rings is 1. The third-order valence-corrected chi connectivity index (χ3v) is 10.6. The summed E-state index contributed by atoms with van der Waals surface area (Å²) in [5.74, 6) is 0.0900. The maximum absolute atomic E-state index is 13.4. The third kappa shape index (κ3) is 9.18. The molecule has 3 amide bonds. The van der Waals surface area contributed by atoms with Gasteiger partial charge in [0, 0.05) is 32.4 Å². The minimum Gasteiger partial charge on any atom is -0.444 e. The van der Waals surface area contributed by atoms with Crippen molar-refractivity contribution in [1.82, 2.24) is 14.8 Å². The van der Waals surface area contributed by atoms with E-state index in [4.69, 9.17) is 4.74 Å². The Morgan fingerprint density at radius 3 is 2.29 bits per heavy atom. The molecule has 2 fully saturated rings. The molecule has 13 heteroatoms. The molecule has 10 nitrogen and oxygen atoms in total. The maximum atomic E-state index is 13.4. The van der Waals surface area contributed by atoms with Crippen LogP contribution in [-0.4, -0.2) is 84.9 Å². The van der Waals surface area contributed by atoms with Crippen molar-refractivity contribution in [2.24, 2.45) is 5.92 Å². The fraction of sp³-hybridized carbons (Fsp3) is 0.586. The van der Waals surface area contributed by atoms with Gasteiger partial charge in [-0.2, -0.15) is 0 Å². The minimum absolute atomic E-state index is 0.0167. The Kier molecular flexibility index (Phi) is 10.6. The van der Waals surface area contributed by atoms with E-state index in [-0.39, 0.29) is 28.6 Å². The molecule has 0 spiro atoms. The van der Waals surface area contributed by atoms with E-state index in [1.165, 1.54) is 29.4 Å².